The van der Waals surface area contributed by atoms with Gasteiger partial charge in [0.15, 0.2) is 0 Å². The maximum Gasteiger partial charge on any atom is 0.319 e. The van der Waals surface area contributed by atoms with E-state index in [1.54, 1.807) is 0 Å². The fourth-order valence-electron chi connectivity index (χ4n) is 2.59. The molecule has 1 heterocycles. The molecule has 0 saturated carbocycles. The van der Waals surface area contributed by atoms with Crippen LogP contribution in [0.3, 0.4) is 0 Å². The number of fused-ring (bicyclic) bond motifs is 1. The number of hydrogen-bond acceptors (Lipinski definition) is 3. The summed E-state index contributed by atoms with van der Waals surface area (Å²) in [6, 6.07) is 13.9. The van der Waals surface area contributed by atoms with Gasteiger partial charge in [-0.15, -0.1) is 0 Å². The van der Waals surface area contributed by atoms with Crippen LogP contribution >= 0.6 is 0 Å². The molecule has 2 aromatic carbocycles. The van der Waals surface area contributed by atoms with Crippen LogP contribution < -0.4 is 10.6 Å². The third-order valence-corrected chi connectivity index (χ3v) is 3.82. The molecule has 0 bridgehead atoms. The summed E-state index contributed by atoms with van der Waals surface area (Å²) >= 11 is 0. The molecule has 22 heavy (non-hydrogen) atoms. The molecular formula is C17H21N3O2. The zero-order chi connectivity index (χ0) is 15.2. The molecule has 1 fully saturated rings. The van der Waals surface area contributed by atoms with Gasteiger partial charge >= 0.3 is 6.03 Å². The first kappa shape index (κ1) is 14.8. The van der Waals surface area contributed by atoms with Crippen molar-refractivity contribution in [3.05, 3.63) is 42.5 Å². The fraction of sp³-hybridized carbons (Fsp3) is 0.353. The molecule has 2 N–H and O–H groups in total. The number of benzene rings is 2. The summed E-state index contributed by atoms with van der Waals surface area (Å²) < 4.78 is 5.30. The molecule has 0 radical (unpaired) electrons. The van der Waals surface area contributed by atoms with Crippen LogP contribution in [0.2, 0.25) is 0 Å². The Kier molecular flexibility index (Phi) is 4.88. The molecule has 1 saturated heterocycles. The van der Waals surface area contributed by atoms with Crippen LogP contribution in [-0.4, -0.2) is 50.3 Å². The standard InChI is InChI=1S/C17H21N3O2/c21-17(18-7-8-20-9-11-22-12-10-20)19-16-6-5-14-3-1-2-4-15(14)13-16/h1-6,13H,7-12H2,(H2,18,19,21). The minimum absolute atomic E-state index is 0.163. The van der Waals surface area contributed by atoms with Crippen molar-refractivity contribution in [3.8, 4) is 0 Å². The van der Waals surface area contributed by atoms with E-state index in [1.807, 2.05) is 36.4 Å². The first-order chi connectivity index (χ1) is 10.8. The molecule has 0 aromatic heterocycles. The molecule has 5 nitrogen and oxygen atoms in total. The Morgan fingerprint density at radius 3 is 2.68 bits per heavy atom. The predicted molar refractivity (Wildman–Crippen MR) is 88.2 cm³/mol. The normalized spacial score (nSPS) is 15.6. The van der Waals surface area contributed by atoms with Gasteiger partial charge in [0.1, 0.15) is 0 Å². The van der Waals surface area contributed by atoms with Crippen LogP contribution in [0.4, 0.5) is 10.5 Å². The van der Waals surface area contributed by atoms with Crippen molar-refractivity contribution in [1.82, 2.24) is 10.2 Å². The van der Waals surface area contributed by atoms with Crippen molar-refractivity contribution in [1.29, 1.82) is 0 Å². The number of carbonyl (C=O) groups excluding carboxylic acids is 1. The highest BCUT2D eigenvalue weighted by Crippen LogP contribution is 2.18. The lowest BCUT2D eigenvalue weighted by Gasteiger charge is -2.26. The van der Waals surface area contributed by atoms with Gasteiger partial charge in [-0.25, -0.2) is 4.79 Å². The van der Waals surface area contributed by atoms with E-state index in [4.69, 9.17) is 4.74 Å². The number of anilines is 1. The van der Waals surface area contributed by atoms with Crippen molar-refractivity contribution in [2.75, 3.05) is 44.7 Å². The lowest BCUT2D eigenvalue weighted by molar-refractivity contribution is 0.0388. The highest BCUT2D eigenvalue weighted by Gasteiger charge is 2.10. The first-order valence-corrected chi connectivity index (χ1v) is 7.65. The zero-order valence-electron chi connectivity index (χ0n) is 12.5. The lowest BCUT2D eigenvalue weighted by atomic mass is 10.1. The number of urea groups is 1. The van der Waals surface area contributed by atoms with Crippen LogP contribution in [-0.2, 0) is 4.74 Å². The van der Waals surface area contributed by atoms with Gasteiger partial charge in [0.25, 0.3) is 0 Å². The van der Waals surface area contributed by atoms with E-state index < -0.39 is 0 Å². The summed E-state index contributed by atoms with van der Waals surface area (Å²) in [6.45, 7) is 4.93. The van der Waals surface area contributed by atoms with E-state index in [0.717, 1.165) is 43.9 Å². The second-order valence-electron chi connectivity index (χ2n) is 5.40. The highest BCUT2D eigenvalue weighted by atomic mass is 16.5. The minimum atomic E-state index is -0.163. The number of carbonyl (C=O) groups is 1. The molecule has 1 aliphatic heterocycles. The smallest absolute Gasteiger partial charge is 0.319 e. The molecule has 0 aliphatic carbocycles. The van der Waals surface area contributed by atoms with Gasteiger partial charge in [-0.3, -0.25) is 4.90 Å². The third kappa shape index (κ3) is 3.96. The Morgan fingerprint density at radius 1 is 1.09 bits per heavy atom. The van der Waals surface area contributed by atoms with Crippen LogP contribution in [0, 0.1) is 0 Å². The Bertz CT molecular complexity index is 639. The van der Waals surface area contributed by atoms with E-state index in [-0.39, 0.29) is 6.03 Å². The third-order valence-electron chi connectivity index (χ3n) is 3.82. The summed E-state index contributed by atoms with van der Waals surface area (Å²) in [5.74, 6) is 0. The number of ether oxygens (including phenoxy) is 1. The quantitative estimate of drug-likeness (QED) is 0.911. The molecule has 0 atom stereocenters. The average molecular weight is 299 g/mol. The van der Waals surface area contributed by atoms with Crippen molar-refractivity contribution in [3.63, 3.8) is 0 Å². The van der Waals surface area contributed by atoms with Crippen molar-refractivity contribution < 1.29 is 9.53 Å². The number of morpholine rings is 1. The summed E-state index contributed by atoms with van der Waals surface area (Å²) in [4.78, 5) is 14.2. The van der Waals surface area contributed by atoms with Crippen LogP contribution in [0.25, 0.3) is 10.8 Å². The van der Waals surface area contributed by atoms with Gasteiger partial charge in [0.2, 0.25) is 0 Å². The largest absolute Gasteiger partial charge is 0.379 e. The first-order valence-electron chi connectivity index (χ1n) is 7.65. The molecule has 1 aliphatic rings. The van der Waals surface area contributed by atoms with Crippen molar-refractivity contribution >= 4 is 22.5 Å². The van der Waals surface area contributed by atoms with Crippen LogP contribution in [0.5, 0.6) is 0 Å². The topological polar surface area (TPSA) is 53.6 Å². The SMILES string of the molecule is O=C(NCCN1CCOCC1)Nc1ccc2ccccc2c1. The van der Waals surface area contributed by atoms with E-state index >= 15 is 0 Å². The number of rotatable bonds is 4. The molecule has 2 amide bonds. The van der Waals surface area contributed by atoms with Gasteiger partial charge in [-0.05, 0) is 22.9 Å². The fourth-order valence-corrected chi connectivity index (χ4v) is 2.59. The molecule has 0 unspecified atom stereocenters. The number of hydrogen-bond donors (Lipinski definition) is 2. The summed E-state index contributed by atoms with van der Waals surface area (Å²) in [6.07, 6.45) is 0. The minimum Gasteiger partial charge on any atom is -0.379 e. The lowest BCUT2D eigenvalue weighted by Crippen LogP contribution is -2.42. The second-order valence-corrected chi connectivity index (χ2v) is 5.40. The van der Waals surface area contributed by atoms with E-state index in [9.17, 15) is 4.79 Å². The van der Waals surface area contributed by atoms with Gasteiger partial charge in [-0.2, -0.15) is 0 Å². The molecule has 2 aromatic rings. The Hall–Kier alpha value is -2.11. The van der Waals surface area contributed by atoms with Crippen LogP contribution in [0.1, 0.15) is 0 Å². The van der Waals surface area contributed by atoms with E-state index in [0.29, 0.717) is 6.54 Å². The van der Waals surface area contributed by atoms with Gasteiger partial charge in [-0.1, -0.05) is 30.3 Å². The Labute approximate surface area is 130 Å². The monoisotopic (exact) mass is 299 g/mol. The maximum atomic E-state index is 11.9. The van der Waals surface area contributed by atoms with Crippen molar-refractivity contribution in [2.45, 2.75) is 0 Å². The molecular weight excluding hydrogens is 278 g/mol. The summed E-state index contributed by atoms with van der Waals surface area (Å²) in [7, 11) is 0. The molecule has 3 rings (SSSR count). The number of nitrogens with one attached hydrogen (secondary N) is 2. The highest BCUT2D eigenvalue weighted by molar-refractivity contribution is 5.93. The molecule has 116 valence electrons. The number of amides is 2. The Morgan fingerprint density at radius 2 is 1.86 bits per heavy atom. The predicted octanol–water partition coefficient (Wildman–Crippen LogP) is 2.29. The molecule has 5 heteroatoms. The average Bonchev–Trinajstić information content (AvgIpc) is 2.56. The van der Waals surface area contributed by atoms with Crippen molar-refractivity contribution in [2.24, 2.45) is 0 Å². The second kappa shape index (κ2) is 7.24. The summed E-state index contributed by atoms with van der Waals surface area (Å²) in [5, 5.41) is 8.06. The van der Waals surface area contributed by atoms with E-state index in [1.165, 1.54) is 5.39 Å². The zero-order valence-corrected chi connectivity index (χ0v) is 12.5. The Balaban J connectivity index is 1.47. The van der Waals surface area contributed by atoms with E-state index in [2.05, 4.69) is 21.6 Å². The van der Waals surface area contributed by atoms with Crippen LogP contribution in [0.15, 0.2) is 42.5 Å². The van der Waals surface area contributed by atoms with Gasteiger partial charge in [0.05, 0.1) is 13.2 Å². The number of nitrogens with zero attached hydrogens (tertiary/aromatic N) is 1. The summed E-state index contributed by atoms with van der Waals surface area (Å²) in [5.41, 5.74) is 0.808. The van der Waals surface area contributed by atoms with Gasteiger partial charge in [0, 0.05) is 31.9 Å². The maximum absolute atomic E-state index is 11.9. The molecule has 0 spiro atoms. The van der Waals surface area contributed by atoms with Gasteiger partial charge < -0.3 is 15.4 Å².